The summed E-state index contributed by atoms with van der Waals surface area (Å²) < 4.78 is 76.7. The van der Waals surface area contributed by atoms with Gasteiger partial charge in [-0.05, 0) is 6.42 Å². The largest absolute Gasteiger partial charge is 1.00 e. The van der Waals surface area contributed by atoms with Gasteiger partial charge in [0.15, 0.2) is 0 Å². The van der Waals surface area contributed by atoms with E-state index in [1.165, 1.54) is 63.2 Å². The molecule has 0 atom stereocenters. The monoisotopic (exact) mass is 790 g/mol. The molecular formula is C40H36Cl2F6Zr-2. The second kappa shape index (κ2) is 17.4. The van der Waals surface area contributed by atoms with Gasteiger partial charge in [0.1, 0.15) is 0 Å². The van der Waals surface area contributed by atoms with E-state index in [9.17, 15) is 26.3 Å². The second-order valence-corrected chi connectivity index (χ2v) is 13.7. The van der Waals surface area contributed by atoms with Crippen molar-refractivity contribution in [1.82, 2.24) is 0 Å². The Kier molecular flexibility index (Phi) is 15.0. The van der Waals surface area contributed by atoms with Gasteiger partial charge in [-0.1, -0.05) is 81.8 Å². The van der Waals surface area contributed by atoms with Crippen LogP contribution in [-0.2, 0) is 54.8 Å². The van der Waals surface area contributed by atoms with E-state index in [2.05, 4.69) is 89.2 Å². The summed E-state index contributed by atoms with van der Waals surface area (Å²) in [6.45, 7) is 11.2. The molecule has 1 aliphatic carbocycles. The topological polar surface area (TPSA) is 0 Å². The molecule has 0 saturated heterocycles. The van der Waals surface area contributed by atoms with Gasteiger partial charge >= 0.3 is 137 Å². The Balaban J connectivity index is 0.000000265. The zero-order valence-electron chi connectivity index (χ0n) is 27.8. The summed E-state index contributed by atoms with van der Waals surface area (Å²) in [6.07, 6.45) is -6.77. The Hall–Kier alpha value is -2.86. The zero-order valence-corrected chi connectivity index (χ0v) is 31.7. The minimum absolute atomic E-state index is 0. The van der Waals surface area contributed by atoms with Crippen LogP contribution < -0.4 is 24.8 Å². The van der Waals surface area contributed by atoms with Crippen molar-refractivity contribution < 1.29 is 75.4 Å². The first-order chi connectivity index (χ1) is 22.0. The number of hydrogen-bond donors (Lipinski definition) is 0. The maximum atomic E-state index is 12.7. The van der Waals surface area contributed by atoms with Crippen LogP contribution in [0, 0.1) is 13.0 Å². The van der Waals surface area contributed by atoms with Gasteiger partial charge in [-0.25, -0.2) is 6.07 Å². The maximum Gasteiger partial charge on any atom is -0.0253 e. The molecule has 1 aliphatic rings. The Morgan fingerprint density at radius 2 is 1.27 bits per heavy atom. The van der Waals surface area contributed by atoms with Crippen LogP contribution in [0.25, 0.3) is 11.1 Å². The van der Waals surface area contributed by atoms with E-state index in [-0.39, 0.29) is 35.9 Å². The van der Waals surface area contributed by atoms with Crippen LogP contribution >= 0.6 is 0 Å². The molecule has 49 heavy (non-hydrogen) atoms. The molecule has 0 unspecified atom stereocenters. The average molecular weight is 793 g/mol. The molecule has 0 spiro atoms. The van der Waals surface area contributed by atoms with Crippen molar-refractivity contribution >= 4 is 3.21 Å². The number of alkyl halides is 6. The molecule has 258 valence electrons. The number of aryl methyl sites for hydroxylation is 2. The van der Waals surface area contributed by atoms with E-state index in [1.807, 2.05) is 6.07 Å². The third-order valence-corrected chi connectivity index (χ3v) is 9.30. The molecule has 0 radical (unpaired) electrons. The molecule has 0 amide bonds. The maximum absolute atomic E-state index is 12.7. The number of rotatable bonds is 3. The Morgan fingerprint density at radius 1 is 0.735 bits per heavy atom. The van der Waals surface area contributed by atoms with Crippen LogP contribution in [0.4, 0.5) is 26.3 Å². The first-order valence-electron chi connectivity index (χ1n) is 15.3. The molecule has 0 saturated carbocycles. The van der Waals surface area contributed by atoms with Crippen LogP contribution in [0.15, 0.2) is 103 Å². The fourth-order valence-corrected chi connectivity index (χ4v) is 6.34. The first kappa shape index (κ1) is 42.3. The molecule has 5 aromatic carbocycles. The van der Waals surface area contributed by atoms with Crippen molar-refractivity contribution in [3.05, 3.63) is 159 Å². The molecule has 9 heteroatoms. The minimum Gasteiger partial charge on any atom is -1.00 e. The van der Waals surface area contributed by atoms with Gasteiger partial charge in [0.2, 0.25) is 0 Å². The standard InChI is InChI=1S/C15H8F6.C13H9.C12H19.2ClH.Zr/c16-14(17,18)12-5-1-3-10(8-12)7-11-4-2-6-13(9-11)15(19,20)21;1-3-7-12-10(5-1)9-11-6-2-4-8-13(11)12;1-6-10-7-9(2)8-11(10)12(3,4)5;;;/h1-6,8-9H;1-5,7-8H,9H2;7-8H,6H2,1-5H3;2*1H;/q;2*-1;;;+2/p-2. The second-order valence-electron chi connectivity index (χ2n) is 12.5. The van der Waals surface area contributed by atoms with Crippen molar-refractivity contribution in [3.63, 3.8) is 0 Å². The molecule has 0 aliphatic heterocycles. The summed E-state index contributed by atoms with van der Waals surface area (Å²) >= 11 is 0.729. The quantitative estimate of drug-likeness (QED) is 0.165. The summed E-state index contributed by atoms with van der Waals surface area (Å²) in [7, 11) is 0. The number of benzene rings is 4. The summed E-state index contributed by atoms with van der Waals surface area (Å²) in [5.41, 5.74) is 9.14. The smallest absolute Gasteiger partial charge is 0.0253 e. The Bertz CT molecular complexity index is 1740. The van der Waals surface area contributed by atoms with Gasteiger partial charge in [0.05, 0.1) is 0 Å². The number of hydrogen-bond acceptors (Lipinski definition) is 0. The summed E-state index contributed by atoms with van der Waals surface area (Å²) in [4.78, 5) is 0. The molecule has 0 N–H and O–H groups in total. The summed E-state index contributed by atoms with van der Waals surface area (Å²) in [5, 5.41) is 0. The third-order valence-electron chi connectivity index (χ3n) is 7.88. The molecule has 0 aromatic heterocycles. The molecule has 0 bridgehead atoms. The van der Waals surface area contributed by atoms with Crippen LogP contribution in [0.5, 0.6) is 0 Å². The van der Waals surface area contributed by atoms with E-state index >= 15 is 0 Å². The van der Waals surface area contributed by atoms with E-state index < -0.39 is 23.5 Å². The fraction of sp³-hybridized carbons (Fsp3) is 0.250. The number of halogens is 8. The first-order valence-corrected chi connectivity index (χ1v) is 16.5. The average Bonchev–Trinajstić information content (AvgIpc) is 3.61. The van der Waals surface area contributed by atoms with Crippen molar-refractivity contribution in [3.8, 4) is 11.1 Å². The van der Waals surface area contributed by atoms with Crippen molar-refractivity contribution in [2.24, 2.45) is 0 Å². The van der Waals surface area contributed by atoms with E-state index in [0.29, 0.717) is 8.62 Å². The van der Waals surface area contributed by atoms with Gasteiger partial charge in [-0.2, -0.15) is 52.6 Å². The molecular weight excluding hydrogens is 757 g/mol. The van der Waals surface area contributed by atoms with Crippen LogP contribution in [0.3, 0.4) is 0 Å². The normalized spacial score (nSPS) is 11.8. The molecule has 0 nitrogen and oxygen atoms in total. The molecule has 6 rings (SSSR count). The van der Waals surface area contributed by atoms with Crippen molar-refractivity contribution in [2.45, 2.75) is 65.2 Å². The van der Waals surface area contributed by atoms with Gasteiger partial charge < -0.3 is 24.8 Å². The zero-order chi connectivity index (χ0) is 34.6. The summed E-state index contributed by atoms with van der Waals surface area (Å²) in [5.74, 6) is 0. The van der Waals surface area contributed by atoms with Gasteiger partial charge in [0, 0.05) is 0 Å². The van der Waals surface area contributed by atoms with E-state index in [1.54, 1.807) is 0 Å². The predicted octanol–water partition coefficient (Wildman–Crippen LogP) is 5.48. The minimum atomic E-state index is -4.49. The van der Waals surface area contributed by atoms with Gasteiger partial charge in [-0.3, -0.25) is 0 Å². The van der Waals surface area contributed by atoms with Gasteiger partial charge in [-0.15, -0.1) is 5.56 Å². The fourth-order valence-electron chi connectivity index (χ4n) is 5.57. The van der Waals surface area contributed by atoms with E-state index in [4.69, 9.17) is 0 Å². The predicted molar refractivity (Wildman–Crippen MR) is 174 cm³/mol. The Morgan fingerprint density at radius 3 is 1.76 bits per heavy atom. The van der Waals surface area contributed by atoms with Crippen molar-refractivity contribution in [2.75, 3.05) is 0 Å². The van der Waals surface area contributed by atoms with E-state index in [0.717, 1.165) is 61.3 Å². The molecule has 5 aromatic rings. The third kappa shape index (κ3) is 11.1. The van der Waals surface area contributed by atoms with Crippen LogP contribution in [0.2, 0.25) is 0 Å². The van der Waals surface area contributed by atoms with Crippen LogP contribution in [-0.4, -0.2) is 3.21 Å². The molecule has 0 heterocycles. The Labute approximate surface area is 312 Å². The van der Waals surface area contributed by atoms with Crippen LogP contribution in [0.1, 0.15) is 77.8 Å². The summed E-state index contributed by atoms with van der Waals surface area (Å²) in [6, 6.07) is 31.9. The number of fused-ring (bicyclic) bond motifs is 3. The SMILES string of the molecule is CCc1[cH-]c(C)cc1C(C)(C)C.FC(F)(F)c1cccc([C](=[Zr+2])c2cccc(C(F)(F)F)c2)c1.[Cl-].[Cl-].[c-]1cccc2c1Cc1ccccc1-2. The van der Waals surface area contributed by atoms with Crippen molar-refractivity contribution in [1.29, 1.82) is 0 Å². The van der Waals surface area contributed by atoms with Gasteiger partial charge in [0.25, 0.3) is 0 Å². The molecule has 0 fully saturated rings.